The van der Waals surface area contributed by atoms with Crippen LogP contribution in [0.5, 0.6) is 0 Å². The van der Waals surface area contributed by atoms with Gasteiger partial charge in [0.2, 0.25) is 11.8 Å². The fourth-order valence-electron chi connectivity index (χ4n) is 2.90. The first-order chi connectivity index (χ1) is 16.1. The molecule has 7 nitrogen and oxygen atoms in total. The lowest BCUT2D eigenvalue weighted by atomic mass is 10.2. The third-order valence-electron chi connectivity index (χ3n) is 4.44. The van der Waals surface area contributed by atoms with E-state index < -0.39 is 17.6 Å². The molecule has 2 aromatic carbocycles. The smallest absolute Gasteiger partial charge is 0.326 e. The average molecular weight is 532 g/mol. The zero-order chi connectivity index (χ0) is 24.9. The van der Waals surface area contributed by atoms with Gasteiger partial charge in [-0.2, -0.15) is 13.2 Å². The van der Waals surface area contributed by atoms with Crippen LogP contribution >= 0.6 is 35.0 Å². The average Bonchev–Trinajstić information content (AvgIpc) is 3.15. The number of nitrogens with zero attached hydrogens (tertiary/aromatic N) is 3. The Labute approximate surface area is 207 Å². The summed E-state index contributed by atoms with van der Waals surface area (Å²) in [7, 11) is 0. The Morgan fingerprint density at radius 2 is 1.82 bits per heavy atom. The molecule has 1 heterocycles. The van der Waals surface area contributed by atoms with Crippen LogP contribution in [0.1, 0.15) is 18.3 Å². The van der Waals surface area contributed by atoms with Crippen LogP contribution in [0.2, 0.25) is 10.0 Å². The van der Waals surface area contributed by atoms with Gasteiger partial charge in [0.15, 0.2) is 5.16 Å². The molecule has 0 saturated heterocycles. The third-order valence-corrected chi connectivity index (χ3v) is 5.95. The zero-order valence-corrected chi connectivity index (χ0v) is 19.9. The van der Waals surface area contributed by atoms with E-state index in [1.807, 2.05) is 6.92 Å². The van der Waals surface area contributed by atoms with Gasteiger partial charge in [0.25, 0.3) is 0 Å². The van der Waals surface area contributed by atoms with Gasteiger partial charge in [0.1, 0.15) is 5.82 Å². The Morgan fingerprint density at radius 3 is 2.50 bits per heavy atom. The highest BCUT2D eigenvalue weighted by atomic mass is 35.5. The molecule has 0 aliphatic carbocycles. The van der Waals surface area contributed by atoms with Gasteiger partial charge in [0, 0.05) is 17.3 Å². The highest BCUT2D eigenvalue weighted by molar-refractivity contribution is 7.99. The number of hydrogen-bond donors (Lipinski definition) is 2. The number of carbonyl (C=O) groups is 2. The lowest BCUT2D eigenvalue weighted by Gasteiger charge is -2.10. The summed E-state index contributed by atoms with van der Waals surface area (Å²) in [4.78, 5) is 24.7. The maximum Gasteiger partial charge on any atom is 0.416 e. The Bertz CT molecular complexity index is 1200. The SMILES string of the molecule is CCn1c(CC(=O)Nc2cccc(C(F)(F)F)c2)nnc1SCC(=O)Nc1ccc(Cl)cc1Cl. The van der Waals surface area contributed by atoms with E-state index in [2.05, 4.69) is 20.8 Å². The van der Waals surface area contributed by atoms with Crippen LogP contribution < -0.4 is 10.6 Å². The highest BCUT2D eigenvalue weighted by Crippen LogP contribution is 2.31. The Balaban J connectivity index is 1.60. The first kappa shape index (κ1) is 25.9. The molecule has 0 aliphatic rings. The number of rotatable bonds is 8. The van der Waals surface area contributed by atoms with Crippen LogP contribution in [0.3, 0.4) is 0 Å². The van der Waals surface area contributed by atoms with Crippen LogP contribution in [0.15, 0.2) is 47.6 Å². The lowest BCUT2D eigenvalue weighted by molar-refractivity contribution is -0.137. The molecule has 180 valence electrons. The van der Waals surface area contributed by atoms with Crippen LogP contribution in [-0.4, -0.2) is 32.3 Å². The molecule has 3 aromatic rings. The first-order valence-electron chi connectivity index (χ1n) is 9.83. The van der Waals surface area contributed by atoms with Crippen molar-refractivity contribution in [2.24, 2.45) is 0 Å². The van der Waals surface area contributed by atoms with E-state index in [-0.39, 0.29) is 23.8 Å². The summed E-state index contributed by atoms with van der Waals surface area (Å²) >= 11 is 13.0. The summed E-state index contributed by atoms with van der Waals surface area (Å²) in [6, 6.07) is 9.05. The summed E-state index contributed by atoms with van der Waals surface area (Å²) < 4.78 is 40.2. The lowest BCUT2D eigenvalue weighted by Crippen LogP contribution is -2.18. The monoisotopic (exact) mass is 531 g/mol. The number of hydrogen-bond acceptors (Lipinski definition) is 5. The molecule has 0 atom stereocenters. The number of aromatic nitrogens is 3. The summed E-state index contributed by atoms with van der Waals surface area (Å²) in [6.07, 6.45) is -4.72. The van der Waals surface area contributed by atoms with Crippen LogP contribution in [0, 0.1) is 0 Å². The summed E-state index contributed by atoms with van der Waals surface area (Å²) in [6.45, 7) is 2.24. The molecule has 3 rings (SSSR count). The molecule has 0 unspecified atom stereocenters. The molecular formula is C21H18Cl2F3N5O2S. The minimum atomic E-state index is -4.51. The highest BCUT2D eigenvalue weighted by Gasteiger charge is 2.30. The summed E-state index contributed by atoms with van der Waals surface area (Å²) in [5, 5.41) is 14.3. The number of carbonyl (C=O) groups excluding carboxylic acids is 2. The van der Waals surface area contributed by atoms with Crippen molar-refractivity contribution in [2.75, 3.05) is 16.4 Å². The van der Waals surface area contributed by atoms with Crippen molar-refractivity contribution in [3.05, 3.63) is 63.9 Å². The van der Waals surface area contributed by atoms with E-state index in [0.717, 1.165) is 23.9 Å². The fourth-order valence-corrected chi connectivity index (χ4v) is 4.18. The summed E-state index contributed by atoms with van der Waals surface area (Å²) in [5.41, 5.74) is -0.422. The molecule has 1 aromatic heterocycles. The molecule has 0 bridgehead atoms. The molecule has 0 spiro atoms. The van der Waals surface area contributed by atoms with E-state index in [1.54, 1.807) is 16.7 Å². The van der Waals surface area contributed by atoms with Gasteiger partial charge in [-0.3, -0.25) is 9.59 Å². The third kappa shape index (κ3) is 6.87. The van der Waals surface area contributed by atoms with E-state index in [1.165, 1.54) is 18.2 Å². The number of benzene rings is 2. The molecule has 2 amide bonds. The van der Waals surface area contributed by atoms with Gasteiger partial charge in [-0.05, 0) is 43.3 Å². The number of anilines is 2. The second-order valence-corrected chi connectivity index (χ2v) is 8.69. The quantitative estimate of drug-likeness (QED) is 0.372. The van der Waals surface area contributed by atoms with Crippen molar-refractivity contribution in [1.29, 1.82) is 0 Å². The van der Waals surface area contributed by atoms with Gasteiger partial charge >= 0.3 is 6.18 Å². The van der Waals surface area contributed by atoms with Crippen molar-refractivity contribution in [3.63, 3.8) is 0 Å². The van der Waals surface area contributed by atoms with Crippen LogP contribution in [0.4, 0.5) is 24.5 Å². The number of alkyl halides is 3. The van der Waals surface area contributed by atoms with E-state index in [4.69, 9.17) is 23.2 Å². The van der Waals surface area contributed by atoms with Gasteiger partial charge in [-0.1, -0.05) is 41.0 Å². The van der Waals surface area contributed by atoms with E-state index >= 15 is 0 Å². The molecule has 0 aliphatic heterocycles. The predicted molar refractivity (Wildman–Crippen MR) is 125 cm³/mol. The Hall–Kier alpha value is -2.76. The number of nitrogens with one attached hydrogen (secondary N) is 2. The molecule has 0 fully saturated rings. The number of thioether (sulfide) groups is 1. The van der Waals surface area contributed by atoms with Crippen molar-refractivity contribution in [3.8, 4) is 0 Å². The Morgan fingerprint density at radius 1 is 1.06 bits per heavy atom. The van der Waals surface area contributed by atoms with Crippen molar-refractivity contribution < 1.29 is 22.8 Å². The molecule has 13 heteroatoms. The van der Waals surface area contributed by atoms with Crippen molar-refractivity contribution >= 4 is 58.2 Å². The van der Waals surface area contributed by atoms with Gasteiger partial charge in [0.05, 0.1) is 28.4 Å². The Kier molecular flexibility index (Phi) is 8.45. The summed E-state index contributed by atoms with van der Waals surface area (Å²) in [5.74, 6) is -0.555. The number of halogens is 5. The molecule has 2 N–H and O–H groups in total. The van der Waals surface area contributed by atoms with E-state index in [0.29, 0.717) is 33.3 Å². The molecule has 0 radical (unpaired) electrons. The fraction of sp³-hybridized carbons (Fsp3) is 0.238. The topological polar surface area (TPSA) is 88.9 Å². The largest absolute Gasteiger partial charge is 0.416 e. The molecule has 0 saturated carbocycles. The maximum absolute atomic E-state index is 12.9. The minimum absolute atomic E-state index is 0.00746. The normalized spacial score (nSPS) is 11.4. The molecule has 34 heavy (non-hydrogen) atoms. The van der Waals surface area contributed by atoms with Crippen LogP contribution in [-0.2, 0) is 28.7 Å². The van der Waals surface area contributed by atoms with Gasteiger partial charge in [-0.25, -0.2) is 0 Å². The van der Waals surface area contributed by atoms with Gasteiger partial charge < -0.3 is 15.2 Å². The number of amides is 2. The van der Waals surface area contributed by atoms with E-state index in [9.17, 15) is 22.8 Å². The predicted octanol–water partition coefficient (Wildman–Crippen LogP) is 5.54. The standard InChI is InChI=1S/C21H18Cl2F3N5O2S/c1-2-31-17(10-18(32)27-14-5-3-4-12(8-14)21(24,25)26)29-30-20(31)34-11-19(33)28-16-7-6-13(22)9-15(16)23/h3-9H,2,10-11H2,1H3,(H,27,32)(H,28,33). The van der Waals surface area contributed by atoms with Gasteiger partial charge in [-0.15, -0.1) is 10.2 Å². The van der Waals surface area contributed by atoms with Crippen molar-refractivity contribution in [1.82, 2.24) is 14.8 Å². The minimum Gasteiger partial charge on any atom is -0.326 e. The maximum atomic E-state index is 12.9. The molecular weight excluding hydrogens is 514 g/mol. The second kappa shape index (κ2) is 11.1. The first-order valence-corrected chi connectivity index (χ1v) is 11.6. The van der Waals surface area contributed by atoms with Crippen LogP contribution in [0.25, 0.3) is 0 Å². The zero-order valence-electron chi connectivity index (χ0n) is 17.6. The van der Waals surface area contributed by atoms with Crippen molar-refractivity contribution in [2.45, 2.75) is 31.2 Å². The second-order valence-electron chi connectivity index (χ2n) is 6.91.